The molecular formula is C14H18F3NO4S. The van der Waals surface area contributed by atoms with Gasteiger partial charge < -0.3 is 14.8 Å². The fraction of sp³-hybridized carbons (Fsp3) is 0.571. The van der Waals surface area contributed by atoms with Gasteiger partial charge in [0.1, 0.15) is 17.6 Å². The number of nitrogens with one attached hydrogen (secondary N) is 1. The van der Waals surface area contributed by atoms with Crippen LogP contribution in [0.3, 0.4) is 0 Å². The van der Waals surface area contributed by atoms with E-state index in [9.17, 15) is 21.6 Å². The topological polar surface area (TPSA) is 64.6 Å². The number of benzene rings is 1. The van der Waals surface area contributed by atoms with Crippen LogP contribution >= 0.6 is 0 Å². The Bertz CT molecular complexity index is 610. The first-order chi connectivity index (χ1) is 10.6. The van der Waals surface area contributed by atoms with E-state index in [1.54, 1.807) is 0 Å². The molecule has 1 fully saturated rings. The summed E-state index contributed by atoms with van der Waals surface area (Å²) in [5.74, 6) is -0.150. The second kappa shape index (κ2) is 6.96. The van der Waals surface area contributed by atoms with Gasteiger partial charge >= 0.3 is 6.36 Å². The maximum absolute atomic E-state index is 12.1. The van der Waals surface area contributed by atoms with E-state index >= 15 is 0 Å². The lowest BCUT2D eigenvalue weighted by Gasteiger charge is -2.23. The van der Waals surface area contributed by atoms with Crippen LogP contribution in [0.4, 0.5) is 13.2 Å². The number of hydrogen-bond acceptors (Lipinski definition) is 5. The van der Waals surface area contributed by atoms with Gasteiger partial charge in [-0.2, -0.15) is 0 Å². The molecule has 0 saturated carbocycles. The van der Waals surface area contributed by atoms with Crippen LogP contribution < -0.4 is 14.8 Å². The van der Waals surface area contributed by atoms with E-state index < -0.39 is 22.3 Å². The molecule has 0 bridgehead atoms. The minimum atomic E-state index is -4.75. The van der Waals surface area contributed by atoms with Crippen molar-refractivity contribution in [2.24, 2.45) is 5.92 Å². The molecule has 0 spiro atoms. The van der Waals surface area contributed by atoms with Crippen molar-refractivity contribution in [2.75, 3.05) is 25.1 Å². The monoisotopic (exact) mass is 353 g/mol. The number of sulfone groups is 1. The molecule has 2 atom stereocenters. The van der Waals surface area contributed by atoms with Crippen LogP contribution in [0.15, 0.2) is 24.3 Å². The van der Waals surface area contributed by atoms with E-state index in [4.69, 9.17) is 4.74 Å². The molecule has 5 nitrogen and oxygen atoms in total. The number of rotatable bonds is 6. The van der Waals surface area contributed by atoms with Crippen LogP contribution in [0, 0.1) is 5.92 Å². The predicted molar refractivity (Wildman–Crippen MR) is 78.2 cm³/mol. The summed E-state index contributed by atoms with van der Waals surface area (Å²) in [6.07, 6.45) is -3.38. The van der Waals surface area contributed by atoms with Gasteiger partial charge in [0.25, 0.3) is 0 Å². The molecular weight excluding hydrogens is 335 g/mol. The average molecular weight is 353 g/mol. The summed E-state index contributed by atoms with van der Waals surface area (Å²) in [5.41, 5.74) is 0. The Labute approximate surface area is 132 Å². The Balaban J connectivity index is 2.06. The van der Waals surface area contributed by atoms with Crippen LogP contribution in [-0.4, -0.2) is 46.0 Å². The Hall–Kier alpha value is -1.48. The molecule has 1 unspecified atom stereocenters. The molecule has 0 aromatic heterocycles. The molecule has 1 N–H and O–H groups in total. The van der Waals surface area contributed by atoms with Gasteiger partial charge in [0.05, 0.1) is 5.75 Å². The van der Waals surface area contributed by atoms with Gasteiger partial charge in [-0.3, -0.25) is 0 Å². The largest absolute Gasteiger partial charge is 0.573 e. The zero-order chi connectivity index (χ0) is 17.1. The molecule has 0 radical (unpaired) electrons. The predicted octanol–water partition coefficient (Wildman–Crippen LogP) is 1.99. The van der Waals surface area contributed by atoms with Crippen molar-refractivity contribution in [1.29, 1.82) is 0 Å². The summed E-state index contributed by atoms with van der Waals surface area (Å²) in [6, 6.07) is 4.93. The molecule has 1 aromatic carbocycles. The van der Waals surface area contributed by atoms with E-state index in [-0.39, 0.29) is 17.4 Å². The van der Waals surface area contributed by atoms with Crippen molar-refractivity contribution in [3.8, 4) is 11.5 Å². The molecule has 1 aliphatic heterocycles. The van der Waals surface area contributed by atoms with Gasteiger partial charge in [-0.25, -0.2) is 8.42 Å². The fourth-order valence-corrected chi connectivity index (χ4v) is 3.39. The standard InChI is InChI=1S/C14H18F3NO4S/c1-23(19,20)9-13(10-6-7-18-8-10)21-11-2-4-12(5-3-11)22-14(15,16)17/h2-5,10,13,18H,6-9H2,1H3/t10?,13-/m1/s1. The Morgan fingerprint density at radius 3 is 2.35 bits per heavy atom. The summed E-state index contributed by atoms with van der Waals surface area (Å²) in [5, 5.41) is 3.14. The Kier molecular flexibility index (Phi) is 5.41. The lowest BCUT2D eigenvalue weighted by molar-refractivity contribution is -0.274. The molecule has 23 heavy (non-hydrogen) atoms. The summed E-state index contributed by atoms with van der Waals surface area (Å²) >= 11 is 0. The van der Waals surface area contributed by atoms with Gasteiger partial charge in [-0.05, 0) is 37.2 Å². The van der Waals surface area contributed by atoms with Crippen molar-refractivity contribution in [3.63, 3.8) is 0 Å². The highest BCUT2D eigenvalue weighted by Crippen LogP contribution is 2.26. The zero-order valence-corrected chi connectivity index (χ0v) is 13.3. The number of alkyl halides is 3. The van der Waals surface area contributed by atoms with Crippen molar-refractivity contribution >= 4 is 9.84 Å². The molecule has 2 rings (SSSR count). The molecule has 130 valence electrons. The van der Waals surface area contributed by atoms with Gasteiger partial charge in [-0.15, -0.1) is 13.2 Å². The third-order valence-corrected chi connectivity index (χ3v) is 4.37. The summed E-state index contributed by atoms with van der Waals surface area (Å²) < 4.78 is 68.9. The third-order valence-electron chi connectivity index (χ3n) is 3.44. The maximum Gasteiger partial charge on any atom is 0.573 e. The van der Waals surface area contributed by atoms with E-state index in [0.717, 1.165) is 31.4 Å². The summed E-state index contributed by atoms with van der Waals surface area (Å²) in [4.78, 5) is 0. The maximum atomic E-state index is 12.1. The molecule has 9 heteroatoms. The average Bonchev–Trinajstić information content (AvgIpc) is 2.91. The lowest BCUT2D eigenvalue weighted by atomic mass is 10.0. The number of halogens is 3. The van der Waals surface area contributed by atoms with Crippen LogP contribution in [-0.2, 0) is 9.84 Å². The molecule has 1 aromatic rings. The van der Waals surface area contributed by atoms with E-state index in [2.05, 4.69) is 10.1 Å². The smallest absolute Gasteiger partial charge is 0.489 e. The van der Waals surface area contributed by atoms with E-state index in [1.807, 2.05) is 0 Å². The minimum Gasteiger partial charge on any atom is -0.489 e. The third kappa shape index (κ3) is 6.26. The second-order valence-corrected chi connectivity index (χ2v) is 7.71. The van der Waals surface area contributed by atoms with Gasteiger partial charge in [0, 0.05) is 18.7 Å². The highest BCUT2D eigenvalue weighted by Gasteiger charge is 2.31. The minimum absolute atomic E-state index is 0.0378. The first-order valence-corrected chi connectivity index (χ1v) is 9.09. The summed E-state index contributed by atoms with van der Waals surface area (Å²) in [6.45, 7) is 1.43. The lowest BCUT2D eigenvalue weighted by Crippen LogP contribution is -2.35. The van der Waals surface area contributed by atoms with Crippen molar-refractivity contribution < 1.29 is 31.1 Å². The SMILES string of the molecule is CS(=O)(=O)C[C@@H](Oc1ccc(OC(F)(F)F)cc1)C1CCNC1. The van der Waals surface area contributed by atoms with Gasteiger partial charge in [-0.1, -0.05) is 0 Å². The van der Waals surface area contributed by atoms with Gasteiger partial charge in [0.15, 0.2) is 9.84 Å². The first kappa shape index (κ1) is 17.9. The highest BCUT2D eigenvalue weighted by atomic mass is 32.2. The molecule has 0 aliphatic carbocycles. The van der Waals surface area contributed by atoms with E-state index in [1.165, 1.54) is 12.1 Å². The molecule has 1 aliphatic rings. The second-order valence-electron chi connectivity index (χ2n) is 5.52. The fourth-order valence-electron chi connectivity index (χ4n) is 2.45. The number of hydrogen-bond donors (Lipinski definition) is 1. The van der Waals surface area contributed by atoms with Crippen molar-refractivity contribution in [2.45, 2.75) is 18.9 Å². The van der Waals surface area contributed by atoms with Gasteiger partial charge in [0.2, 0.25) is 0 Å². The van der Waals surface area contributed by atoms with Crippen molar-refractivity contribution in [1.82, 2.24) is 5.32 Å². The molecule has 1 heterocycles. The quantitative estimate of drug-likeness (QED) is 0.847. The van der Waals surface area contributed by atoms with Crippen LogP contribution in [0.5, 0.6) is 11.5 Å². The zero-order valence-electron chi connectivity index (χ0n) is 12.5. The molecule has 1 saturated heterocycles. The summed E-state index contributed by atoms with van der Waals surface area (Å²) in [7, 11) is -3.24. The Morgan fingerprint density at radius 2 is 1.87 bits per heavy atom. The Morgan fingerprint density at radius 1 is 1.26 bits per heavy atom. The van der Waals surface area contributed by atoms with Crippen LogP contribution in [0.25, 0.3) is 0 Å². The number of ether oxygens (including phenoxy) is 2. The van der Waals surface area contributed by atoms with E-state index in [0.29, 0.717) is 12.3 Å². The highest BCUT2D eigenvalue weighted by molar-refractivity contribution is 7.90. The van der Waals surface area contributed by atoms with Crippen molar-refractivity contribution in [3.05, 3.63) is 24.3 Å². The van der Waals surface area contributed by atoms with Crippen LogP contribution in [0.1, 0.15) is 6.42 Å². The van der Waals surface area contributed by atoms with Crippen LogP contribution in [0.2, 0.25) is 0 Å². The first-order valence-electron chi connectivity index (χ1n) is 7.03. The molecule has 0 amide bonds. The normalized spacial score (nSPS) is 20.3.